The first-order valence-electron chi connectivity index (χ1n) is 6.45. The molecule has 3 heterocycles. The van der Waals surface area contributed by atoms with E-state index in [0.29, 0.717) is 19.7 Å². The molecule has 3 rings (SSSR count). The molecule has 4 atom stereocenters. The monoisotopic (exact) mass is 266 g/mol. The maximum Gasteiger partial charge on any atom is 0.229 e. The van der Waals surface area contributed by atoms with Crippen molar-refractivity contribution in [3.63, 3.8) is 0 Å². The summed E-state index contributed by atoms with van der Waals surface area (Å²) in [6, 6.07) is 0. The van der Waals surface area contributed by atoms with Crippen molar-refractivity contribution < 1.29 is 24.2 Å². The first-order chi connectivity index (χ1) is 9.09. The van der Waals surface area contributed by atoms with Crippen LogP contribution in [0.5, 0.6) is 0 Å². The summed E-state index contributed by atoms with van der Waals surface area (Å²) in [4.78, 5) is 25.3. The van der Waals surface area contributed by atoms with Crippen LogP contribution in [0.1, 0.15) is 6.42 Å². The van der Waals surface area contributed by atoms with Gasteiger partial charge >= 0.3 is 0 Å². The van der Waals surface area contributed by atoms with Gasteiger partial charge in [0, 0.05) is 32.1 Å². The number of aliphatic carboxylic acids is 1. The van der Waals surface area contributed by atoms with Gasteiger partial charge < -0.3 is 24.3 Å². The molecule has 2 bridgehead atoms. The Morgan fingerprint density at radius 1 is 1.68 bits per heavy atom. The molecule has 0 aliphatic carbocycles. The van der Waals surface area contributed by atoms with Crippen LogP contribution in [0.3, 0.4) is 0 Å². The molecule has 1 amide bonds. The van der Waals surface area contributed by atoms with Crippen LogP contribution >= 0.6 is 0 Å². The van der Waals surface area contributed by atoms with Gasteiger partial charge in [0.15, 0.2) is 0 Å². The number of carbonyl (C=O) groups is 2. The molecule has 2 saturated heterocycles. The van der Waals surface area contributed by atoms with Crippen molar-refractivity contribution in [2.24, 2.45) is 11.8 Å². The Bertz CT molecular complexity index is 448. The minimum Gasteiger partial charge on any atom is -0.550 e. The number of rotatable bonds is 5. The van der Waals surface area contributed by atoms with Crippen molar-refractivity contribution in [1.82, 2.24) is 4.90 Å². The molecular weight excluding hydrogens is 250 g/mol. The summed E-state index contributed by atoms with van der Waals surface area (Å²) in [7, 11) is 1.61. The zero-order chi connectivity index (χ0) is 13.6. The van der Waals surface area contributed by atoms with Gasteiger partial charge in [-0.2, -0.15) is 0 Å². The number of fused-ring (bicyclic) bond motifs is 1. The van der Waals surface area contributed by atoms with Crippen molar-refractivity contribution in [2.75, 3.05) is 26.8 Å². The number of methoxy groups -OCH3 is 1. The molecule has 3 aliphatic heterocycles. The smallest absolute Gasteiger partial charge is 0.229 e. The van der Waals surface area contributed by atoms with E-state index in [-0.39, 0.29) is 5.91 Å². The Labute approximate surface area is 111 Å². The van der Waals surface area contributed by atoms with Crippen molar-refractivity contribution >= 4 is 11.9 Å². The van der Waals surface area contributed by atoms with Gasteiger partial charge in [0.25, 0.3) is 0 Å². The van der Waals surface area contributed by atoms with Gasteiger partial charge in [-0.1, -0.05) is 12.2 Å². The number of carboxylic acids is 1. The van der Waals surface area contributed by atoms with Gasteiger partial charge in [0.2, 0.25) is 5.91 Å². The lowest BCUT2D eigenvalue weighted by molar-refractivity contribution is -0.313. The average Bonchev–Trinajstić information content (AvgIpc) is 2.99. The highest BCUT2D eigenvalue weighted by molar-refractivity contribution is 5.90. The fourth-order valence-electron chi connectivity index (χ4n) is 3.44. The molecule has 1 spiro atoms. The van der Waals surface area contributed by atoms with Gasteiger partial charge in [-0.3, -0.25) is 4.79 Å². The number of amides is 1. The van der Waals surface area contributed by atoms with E-state index in [0.717, 1.165) is 6.42 Å². The second-order valence-electron chi connectivity index (χ2n) is 5.33. The van der Waals surface area contributed by atoms with Crippen molar-refractivity contribution in [1.29, 1.82) is 0 Å². The van der Waals surface area contributed by atoms with E-state index in [1.54, 1.807) is 18.1 Å². The predicted molar refractivity (Wildman–Crippen MR) is 61.8 cm³/mol. The summed E-state index contributed by atoms with van der Waals surface area (Å²) >= 11 is 0. The molecular formula is C13H16NO5-. The molecule has 0 aromatic rings. The molecule has 0 N–H and O–H groups in total. The third kappa shape index (κ3) is 1.70. The standard InChI is InChI=1S/C13H17NO5/c1-18-6-2-5-14-7-13-4-3-8(19-13)9(12(16)17)10(13)11(14)15/h3-4,8-10H,2,5-7H2,1H3,(H,16,17)/p-1/t8-,9+,10-,13-/m1/s1. The summed E-state index contributed by atoms with van der Waals surface area (Å²) in [5.74, 6) is -2.83. The Morgan fingerprint density at radius 2 is 2.47 bits per heavy atom. The van der Waals surface area contributed by atoms with Crippen LogP contribution in [0.25, 0.3) is 0 Å². The molecule has 104 valence electrons. The summed E-state index contributed by atoms with van der Waals surface area (Å²) in [5, 5.41) is 11.2. The van der Waals surface area contributed by atoms with Gasteiger partial charge in [0.1, 0.15) is 5.60 Å². The molecule has 3 aliphatic rings. The molecule has 0 aromatic carbocycles. The predicted octanol–water partition coefficient (Wildman–Crippen LogP) is -1.45. The normalized spacial score (nSPS) is 39.1. The van der Waals surface area contributed by atoms with Crippen LogP contribution in [0.4, 0.5) is 0 Å². The SMILES string of the molecule is COCCCN1C[C@@]23C=C[C@@H](O2)[C@H](C(=O)[O-])[C@@H]3C1=O. The minimum absolute atomic E-state index is 0.142. The van der Waals surface area contributed by atoms with Crippen molar-refractivity contribution in [2.45, 2.75) is 18.1 Å². The second kappa shape index (κ2) is 4.31. The van der Waals surface area contributed by atoms with Gasteiger partial charge in [-0.15, -0.1) is 0 Å². The van der Waals surface area contributed by atoms with Crippen LogP contribution < -0.4 is 5.11 Å². The van der Waals surface area contributed by atoms with Crippen LogP contribution in [-0.2, 0) is 19.1 Å². The number of nitrogens with zero attached hydrogens (tertiary/aromatic N) is 1. The van der Waals surface area contributed by atoms with Crippen LogP contribution in [0.15, 0.2) is 12.2 Å². The quantitative estimate of drug-likeness (QED) is 0.449. The van der Waals surface area contributed by atoms with Crippen LogP contribution in [0, 0.1) is 11.8 Å². The largest absolute Gasteiger partial charge is 0.550 e. The highest BCUT2D eigenvalue weighted by Crippen LogP contribution is 2.51. The van der Waals surface area contributed by atoms with Gasteiger partial charge in [0.05, 0.1) is 18.6 Å². The number of carbonyl (C=O) groups excluding carboxylic acids is 2. The van der Waals surface area contributed by atoms with E-state index in [1.807, 2.05) is 6.08 Å². The average molecular weight is 266 g/mol. The third-order valence-electron chi connectivity index (χ3n) is 4.23. The fourth-order valence-corrected chi connectivity index (χ4v) is 3.44. The molecule has 0 unspecified atom stereocenters. The lowest BCUT2D eigenvalue weighted by Gasteiger charge is -2.24. The van der Waals surface area contributed by atoms with Gasteiger partial charge in [-0.05, 0) is 6.42 Å². The molecule has 19 heavy (non-hydrogen) atoms. The lowest BCUT2D eigenvalue weighted by atomic mass is 9.77. The number of hydrogen-bond donors (Lipinski definition) is 0. The molecule has 6 nitrogen and oxygen atoms in total. The minimum atomic E-state index is -1.20. The number of carboxylic acid groups (broad SMARTS) is 1. The first-order valence-corrected chi connectivity index (χ1v) is 6.45. The Hall–Kier alpha value is -1.40. The van der Waals surface area contributed by atoms with Crippen LogP contribution in [0.2, 0.25) is 0 Å². The molecule has 2 fully saturated rings. The van der Waals surface area contributed by atoms with Crippen molar-refractivity contribution in [3.8, 4) is 0 Å². The zero-order valence-corrected chi connectivity index (χ0v) is 10.7. The first kappa shape index (κ1) is 12.6. The Morgan fingerprint density at radius 3 is 3.16 bits per heavy atom. The van der Waals surface area contributed by atoms with Crippen LogP contribution in [-0.4, -0.2) is 55.3 Å². The Balaban J connectivity index is 1.79. The maximum absolute atomic E-state index is 12.4. The highest BCUT2D eigenvalue weighted by atomic mass is 16.5. The lowest BCUT2D eigenvalue weighted by Crippen LogP contribution is -2.45. The summed E-state index contributed by atoms with van der Waals surface area (Å²) in [5.41, 5.74) is -0.750. The Kier molecular flexibility index (Phi) is 2.87. The number of hydrogen-bond acceptors (Lipinski definition) is 5. The van der Waals surface area contributed by atoms with E-state index in [4.69, 9.17) is 9.47 Å². The summed E-state index contributed by atoms with van der Waals surface area (Å²) in [6.07, 6.45) is 3.80. The summed E-state index contributed by atoms with van der Waals surface area (Å²) in [6.45, 7) is 1.56. The maximum atomic E-state index is 12.4. The molecule has 0 saturated carbocycles. The summed E-state index contributed by atoms with van der Waals surface area (Å²) < 4.78 is 10.7. The number of likely N-dealkylation sites (tertiary alicyclic amines) is 1. The molecule has 6 heteroatoms. The molecule has 0 aromatic heterocycles. The topological polar surface area (TPSA) is 78.9 Å². The van der Waals surface area contributed by atoms with Gasteiger partial charge in [-0.25, -0.2) is 0 Å². The third-order valence-corrected chi connectivity index (χ3v) is 4.23. The van der Waals surface area contributed by atoms with E-state index in [1.165, 1.54) is 0 Å². The second-order valence-corrected chi connectivity index (χ2v) is 5.33. The molecule has 0 radical (unpaired) electrons. The van der Waals surface area contributed by atoms with Crippen molar-refractivity contribution in [3.05, 3.63) is 12.2 Å². The van der Waals surface area contributed by atoms with E-state index < -0.39 is 29.5 Å². The number of ether oxygens (including phenoxy) is 2. The van der Waals surface area contributed by atoms with E-state index in [2.05, 4.69) is 0 Å². The van der Waals surface area contributed by atoms with E-state index in [9.17, 15) is 14.7 Å². The zero-order valence-electron chi connectivity index (χ0n) is 10.7. The van der Waals surface area contributed by atoms with E-state index >= 15 is 0 Å². The highest BCUT2D eigenvalue weighted by Gasteiger charge is 2.65. The fraction of sp³-hybridized carbons (Fsp3) is 0.692.